The van der Waals surface area contributed by atoms with Crippen LogP contribution in [0.25, 0.3) is 0 Å². The van der Waals surface area contributed by atoms with Gasteiger partial charge >= 0.3 is 7.12 Å². The highest BCUT2D eigenvalue weighted by atomic mass is 15.5. The molecule has 7 heteroatoms. The zero-order chi connectivity index (χ0) is 20.7. The summed E-state index contributed by atoms with van der Waals surface area (Å²) in [4.78, 5) is 0. The van der Waals surface area contributed by atoms with Crippen molar-refractivity contribution in [2.75, 3.05) is 0 Å². The second-order valence-electron chi connectivity index (χ2n) is 8.78. The third-order valence-electron chi connectivity index (χ3n) is 5.20. The Morgan fingerprint density at radius 1 is 0.643 bits per heavy atom. The summed E-state index contributed by atoms with van der Waals surface area (Å²) in [5.41, 5.74) is 6.59. The highest BCUT2D eigenvalue weighted by molar-refractivity contribution is 6.53. The highest BCUT2D eigenvalue weighted by Crippen LogP contribution is 2.22. The zero-order valence-corrected chi connectivity index (χ0v) is 18.7. The summed E-state index contributed by atoms with van der Waals surface area (Å²) in [6, 6.07) is 6.51. The summed E-state index contributed by atoms with van der Waals surface area (Å²) in [7, 11) is -0.258. The van der Waals surface area contributed by atoms with Gasteiger partial charge in [-0.25, -0.2) is 0 Å². The average Bonchev–Trinajstić information content (AvgIpc) is 3.27. The molecule has 0 aliphatic rings. The number of hydrogen-bond acceptors (Lipinski definition) is 3. The molecule has 150 valence electrons. The van der Waals surface area contributed by atoms with E-state index in [0.29, 0.717) is 17.8 Å². The van der Waals surface area contributed by atoms with Crippen LogP contribution < -0.4 is 0 Å². The Morgan fingerprint density at radius 2 is 1.11 bits per heavy atom. The van der Waals surface area contributed by atoms with Gasteiger partial charge in [0.05, 0.1) is 17.1 Å². The molecular weight excluding hydrogens is 347 g/mol. The lowest BCUT2D eigenvalue weighted by molar-refractivity contribution is 0.680. The molecule has 0 fully saturated rings. The smallest absolute Gasteiger partial charge is 0.266 e. The van der Waals surface area contributed by atoms with Gasteiger partial charge in [0.1, 0.15) is 0 Å². The number of nitrogens with zero attached hydrogens (tertiary/aromatic N) is 6. The second kappa shape index (κ2) is 7.61. The van der Waals surface area contributed by atoms with Gasteiger partial charge in [-0.2, -0.15) is 15.3 Å². The van der Waals surface area contributed by atoms with Gasteiger partial charge in [0.25, 0.3) is 0 Å². The lowest BCUT2D eigenvalue weighted by Gasteiger charge is -2.20. The summed E-state index contributed by atoms with van der Waals surface area (Å²) in [5.74, 6) is 1.09. The molecule has 0 radical (unpaired) electrons. The van der Waals surface area contributed by atoms with Crippen LogP contribution in [0.2, 0.25) is 0 Å². The van der Waals surface area contributed by atoms with Crippen molar-refractivity contribution >= 4 is 7.12 Å². The van der Waals surface area contributed by atoms with E-state index in [9.17, 15) is 0 Å². The first kappa shape index (κ1) is 20.4. The van der Waals surface area contributed by atoms with E-state index >= 15 is 0 Å². The summed E-state index contributed by atoms with van der Waals surface area (Å²) in [6.45, 7) is 19.4. The van der Waals surface area contributed by atoms with E-state index in [2.05, 4.69) is 87.4 Å². The molecular formula is C21H33BN6. The molecule has 0 amide bonds. The standard InChI is InChI=1S/C21H33BN6/c1-13(2)19-11-17(8)26(24-19)22(27-18(9)12-20(25-27)14(3)4)28-21(15(5)6)10-16(7)23-28/h10-15H,1-9H3. The van der Waals surface area contributed by atoms with Crippen molar-refractivity contribution < 1.29 is 0 Å². The monoisotopic (exact) mass is 380 g/mol. The molecule has 0 N–H and O–H groups in total. The minimum atomic E-state index is -0.258. The maximum Gasteiger partial charge on any atom is 0.569 e. The molecule has 0 aliphatic carbocycles. The van der Waals surface area contributed by atoms with E-state index in [1.54, 1.807) is 0 Å². The molecule has 0 saturated carbocycles. The van der Waals surface area contributed by atoms with Gasteiger partial charge in [0, 0.05) is 17.1 Å². The van der Waals surface area contributed by atoms with Gasteiger partial charge < -0.3 is 0 Å². The van der Waals surface area contributed by atoms with Gasteiger partial charge in [0.2, 0.25) is 0 Å². The second-order valence-corrected chi connectivity index (χ2v) is 8.78. The zero-order valence-electron chi connectivity index (χ0n) is 18.7. The maximum atomic E-state index is 4.96. The first-order chi connectivity index (χ1) is 13.1. The Bertz CT molecular complexity index is 908. The van der Waals surface area contributed by atoms with Crippen LogP contribution in [0, 0.1) is 20.8 Å². The third kappa shape index (κ3) is 3.67. The van der Waals surface area contributed by atoms with Crippen molar-refractivity contribution in [3.05, 3.63) is 52.4 Å². The van der Waals surface area contributed by atoms with Crippen LogP contribution in [0.4, 0.5) is 0 Å². The van der Waals surface area contributed by atoms with E-state index in [1.807, 2.05) is 6.92 Å². The Morgan fingerprint density at radius 3 is 1.46 bits per heavy atom. The van der Waals surface area contributed by atoms with Gasteiger partial charge in [-0.15, -0.1) is 0 Å². The fourth-order valence-corrected chi connectivity index (χ4v) is 3.52. The summed E-state index contributed by atoms with van der Waals surface area (Å²) in [6.07, 6.45) is 0. The third-order valence-corrected chi connectivity index (χ3v) is 5.20. The molecule has 0 unspecified atom stereocenters. The predicted molar refractivity (Wildman–Crippen MR) is 115 cm³/mol. The Labute approximate surface area is 169 Å². The molecule has 28 heavy (non-hydrogen) atoms. The van der Waals surface area contributed by atoms with E-state index in [4.69, 9.17) is 15.3 Å². The molecule has 3 rings (SSSR count). The Kier molecular flexibility index (Phi) is 5.55. The van der Waals surface area contributed by atoms with Gasteiger partial charge in [-0.05, 0) is 56.7 Å². The molecule has 0 spiro atoms. The predicted octanol–water partition coefficient (Wildman–Crippen LogP) is 4.50. The lowest BCUT2D eigenvalue weighted by Crippen LogP contribution is -2.46. The van der Waals surface area contributed by atoms with Crippen LogP contribution in [0.3, 0.4) is 0 Å². The molecule has 3 heterocycles. The molecule has 0 bridgehead atoms. The minimum Gasteiger partial charge on any atom is -0.266 e. The fraction of sp³-hybridized carbons (Fsp3) is 0.571. The van der Waals surface area contributed by atoms with Crippen molar-refractivity contribution in [3.63, 3.8) is 0 Å². The van der Waals surface area contributed by atoms with E-state index in [0.717, 1.165) is 28.5 Å². The largest absolute Gasteiger partial charge is 0.569 e. The Balaban J connectivity index is 2.27. The molecule has 3 aromatic heterocycles. The summed E-state index contributed by atoms with van der Waals surface area (Å²) >= 11 is 0. The number of aromatic nitrogens is 6. The van der Waals surface area contributed by atoms with Crippen LogP contribution in [0.1, 0.15) is 93.5 Å². The summed E-state index contributed by atoms with van der Waals surface area (Å²) in [5, 5.41) is 14.8. The SMILES string of the molecule is Cc1cc(C(C)C)n(B(n2nc(C(C)C)cc2C)n2nc(C(C)C)cc2C)n1. The molecule has 6 nitrogen and oxygen atoms in total. The van der Waals surface area contributed by atoms with Gasteiger partial charge in [-0.1, -0.05) is 41.5 Å². The average molecular weight is 380 g/mol. The topological polar surface area (TPSA) is 53.5 Å². The number of aryl methyl sites for hydroxylation is 3. The quantitative estimate of drug-likeness (QED) is 0.592. The van der Waals surface area contributed by atoms with Crippen LogP contribution in [0.15, 0.2) is 18.2 Å². The fourth-order valence-electron chi connectivity index (χ4n) is 3.52. The lowest BCUT2D eigenvalue weighted by atomic mass is 9.91. The molecule has 3 aromatic rings. The summed E-state index contributed by atoms with van der Waals surface area (Å²) < 4.78 is 6.23. The first-order valence-corrected chi connectivity index (χ1v) is 10.3. The van der Waals surface area contributed by atoms with Gasteiger partial charge in [0.15, 0.2) is 0 Å². The van der Waals surface area contributed by atoms with E-state index < -0.39 is 0 Å². The molecule has 0 aromatic carbocycles. The highest BCUT2D eigenvalue weighted by Gasteiger charge is 2.34. The van der Waals surface area contributed by atoms with Crippen molar-refractivity contribution in [3.8, 4) is 0 Å². The molecule has 0 saturated heterocycles. The van der Waals surface area contributed by atoms with Crippen LogP contribution in [-0.4, -0.2) is 36.2 Å². The normalized spacial score (nSPS) is 12.0. The molecule has 0 aliphatic heterocycles. The van der Waals surface area contributed by atoms with Gasteiger partial charge in [-0.3, -0.25) is 13.8 Å². The van der Waals surface area contributed by atoms with Crippen molar-refractivity contribution in [1.29, 1.82) is 0 Å². The number of hydrogen-bond donors (Lipinski definition) is 0. The van der Waals surface area contributed by atoms with Crippen molar-refractivity contribution in [2.45, 2.75) is 80.1 Å². The van der Waals surface area contributed by atoms with Crippen molar-refractivity contribution in [2.24, 2.45) is 0 Å². The minimum absolute atomic E-state index is 0.258. The Hall–Kier alpha value is -2.31. The molecule has 0 atom stereocenters. The number of rotatable bonds is 6. The van der Waals surface area contributed by atoms with Crippen molar-refractivity contribution in [1.82, 2.24) is 29.1 Å². The van der Waals surface area contributed by atoms with E-state index in [1.165, 1.54) is 5.69 Å². The van der Waals surface area contributed by atoms with Crippen LogP contribution >= 0.6 is 0 Å². The van der Waals surface area contributed by atoms with E-state index in [-0.39, 0.29) is 7.12 Å². The maximum absolute atomic E-state index is 4.96. The van der Waals surface area contributed by atoms with Crippen LogP contribution in [0.5, 0.6) is 0 Å². The van der Waals surface area contributed by atoms with Crippen LogP contribution in [-0.2, 0) is 0 Å². The first-order valence-electron chi connectivity index (χ1n) is 10.3.